The first-order valence-electron chi connectivity index (χ1n) is 2.76. The molecule has 4 heteroatoms. The van der Waals surface area contributed by atoms with Crippen molar-refractivity contribution in [2.45, 2.75) is 0 Å². The number of halogens is 2. The highest BCUT2D eigenvalue weighted by molar-refractivity contribution is 8.93. The fourth-order valence-corrected chi connectivity index (χ4v) is 0.890. The van der Waals surface area contributed by atoms with Crippen molar-refractivity contribution in [1.29, 1.82) is 0 Å². The quantitative estimate of drug-likeness (QED) is 0.796. The first kappa shape index (κ1) is 10.5. The van der Waals surface area contributed by atoms with Gasteiger partial charge in [0.1, 0.15) is 0 Å². The summed E-state index contributed by atoms with van der Waals surface area (Å²) < 4.78 is 0. The molecule has 0 atom stereocenters. The molecule has 1 rings (SSSR count). The zero-order chi connectivity index (χ0) is 7.56. The molecule has 0 radical (unpaired) electrons. The predicted molar refractivity (Wildman–Crippen MR) is 50.3 cm³/mol. The first-order valence-corrected chi connectivity index (χ1v) is 3.14. The average molecular weight is 236 g/mol. The highest BCUT2D eigenvalue weighted by Crippen LogP contribution is 2.13. The van der Waals surface area contributed by atoms with Crippen LogP contribution in [-0.2, 0) is 0 Å². The summed E-state index contributed by atoms with van der Waals surface area (Å²) in [5.41, 5.74) is 5.36. The van der Waals surface area contributed by atoms with Gasteiger partial charge in [0.2, 0.25) is 5.91 Å². The highest BCUT2D eigenvalue weighted by Gasteiger charge is 2.02. The van der Waals surface area contributed by atoms with Crippen LogP contribution < -0.4 is 5.73 Å². The highest BCUT2D eigenvalue weighted by atomic mass is 79.9. The van der Waals surface area contributed by atoms with Gasteiger partial charge in [0.25, 0.3) is 0 Å². The molecular formula is C7H7BrClNO. The Kier molecular flexibility index (Phi) is 4.15. The average Bonchev–Trinajstić information content (AvgIpc) is 1.88. The zero-order valence-corrected chi connectivity index (χ0v) is 8.05. The van der Waals surface area contributed by atoms with Gasteiger partial charge in [-0.25, -0.2) is 0 Å². The number of carbonyl (C=O) groups excluding carboxylic acids is 1. The summed E-state index contributed by atoms with van der Waals surface area (Å²) in [7, 11) is 0. The van der Waals surface area contributed by atoms with Crippen LogP contribution in [0.3, 0.4) is 0 Å². The number of carbonyl (C=O) groups is 1. The number of rotatable bonds is 1. The van der Waals surface area contributed by atoms with Gasteiger partial charge in [0, 0.05) is 0 Å². The summed E-state index contributed by atoms with van der Waals surface area (Å²) in [6, 6.07) is 6.67. The van der Waals surface area contributed by atoms with Crippen LogP contribution in [0.4, 0.5) is 0 Å². The van der Waals surface area contributed by atoms with Crippen LogP contribution in [0, 0.1) is 0 Å². The molecule has 0 aliphatic rings. The van der Waals surface area contributed by atoms with Gasteiger partial charge in [-0.3, -0.25) is 4.79 Å². The molecule has 0 unspecified atom stereocenters. The maximum Gasteiger partial charge on any atom is 0.250 e. The molecule has 0 saturated heterocycles. The van der Waals surface area contributed by atoms with E-state index < -0.39 is 5.91 Å². The molecule has 0 bridgehead atoms. The third kappa shape index (κ3) is 2.52. The van der Waals surface area contributed by atoms with E-state index in [4.69, 9.17) is 17.3 Å². The van der Waals surface area contributed by atoms with E-state index in [2.05, 4.69) is 0 Å². The minimum absolute atomic E-state index is 0. The Labute approximate surface area is 80.1 Å². The maximum atomic E-state index is 10.6. The molecule has 2 nitrogen and oxygen atoms in total. The molecule has 0 spiro atoms. The molecule has 0 aromatic heterocycles. The van der Waals surface area contributed by atoms with Crippen molar-refractivity contribution in [2.75, 3.05) is 0 Å². The van der Waals surface area contributed by atoms with E-state index in [-0.39, 0.29) is 17.0 Å². The fourth-order valence-electron chi connectivity index (χ4n) is 0.661. The van der Waals surface area contributed by atoms with Crippen molar-refractivity contribution in [1.82, 2.24) is 0 Å². The van der Waals surface area contributed by atoms with E-state index in [1.807, 2.05) is 0 Å². The Hall–Kier alpha value is -0.540. The third-order valence-electron chi connectivity index (χ3n) is 1.14. The maximum absolute atomic E-state index is 10.6. The fraction of sp³-hybridized carbons (Fsp3) is 0. The van der Waals surface area contributed by atoms with Crippen molar-refractivity contribution in [3.8, 4) is 0 Å². The molecule has 1 aromatic carbocycles. The Bertz CT molecular complexity index is 264. The van der Waals surface area contributed by atoms with Crippen LogP contribution in [-0.4, -0.2) is 5.91 Å². The first-order chi connectivity index (χ1) is 4.72. The molecule has 1 amide bonds. The van der Waals surface area contributed by atoms with Gasteiger partial charge >= 0.3 is 0 Å². The Morgan fingerprint density at radius 1 is 1.36 bits per heavy atom. The topological polar surface area (TPSA) is 43.1 Å². The van der Waals surface area contributed by atoms with Crippen molar-refractivity contribution < 1.29 is 4.79 Å². The number of benzene rings is 1. The number of primary amides is 1. The van der Waals surface area contributed by atoms with Crippen LogP contribution in [0.1, 0.15) is 10.4 Å². The lowest BCUT2D eigenvalue weighted by atomic mass is 10.2. The summed E-state index contributed by atoms with van der Waals surface area (Å²) in [5.74, 6) is -0.495. The standard InChI is InChI=1S/C7H6ClNO.BrH/c8-6-4-2-1-3-5(6)7(9)10;/h1-4H,(H2,9,10);1H. The molecule has 11 heavy (non-hydrogen) atoms. The molecule has 0 aliphatic heterocycles. The molecule has 0 saturated carbocycles. The van der Waals surface area contributed by atoms with Gasteiger partial charge in [-0.1, -0.05) is 23.7 Å². The number of hydrogen-bond donors (Lipinski definition) is 1. The monoisotopic (exact) mass is 235 g/mol. The van der Waals surface area contributed by atoms with Gasteiger partial charge in [0.05, 0.1) is 10.6 Å². The van der Waals surface area contributed by atoms with Gasteiger partial charge in [-0.2, -0.15) is 0 Å². The zero-order valence-electron chi connectivity index (χ0n) is 5.58. The molecule has 60 valence electrons. The van der Waals surface area contributed by atoms with Crippen molar-refractivity contribution in [3.63, 3.8) is 0 Å². The molecule has 1 aromatic rings. The van der Waals surface area contributed by atoms with E-state index in [0.29, 0.717) is 10.6 Å². The molecule has 0 aliphatic carbocycles. The number of amides is 1. The molecule has 0 fully saturated rings. The Balaban J connectivity index is 0.000001000. The molecular weight excluding hydrogens is 229 g/mol. The predicted octanol–water partition coefficient (Wildman–Crippen LogP) is 2.02. The normalized spacial score (nSPS) is 8.45. The van der Waals surface area contributed by atoms with Gasteiger partial charge in [-0.05, 0) is 12.1 Å². The van der Waals surface area contributed by atoms with Crippen molar-refractivity contribution >= 4 is 34.5 Å². The summed E-state index contributed by atoms with van der Waals surface area (Å²) in [4.78, 5) is 10.6. The number of hydrogen-bond acceptors (Lipinski definition) is 1. The largest absolute Gasteiger partial charge is 0.366 e. The van der Waals surface area contributed by atoms with Gasteiger partial charge in [0.15, 0.2) is 0 Å². The van der Waals surface area contributed by atoms with E-state index in [1.165, 1.54) is 0 Å². The van der Waals surface area contributed by atoms with Crippen LogP contribution in [0.5, 0.6) is 0 Å². The second-order valence-corrected chi connectivity index (χ2v) is 2.25. The lowest BCUT2D eigenvalue weighted by molar-refractivity contribution is 0.100. The van der Waals surface area contributed by atoms with Crippen molar-refractivity contribution in [2.24, 2.45) is 5.73 Å². The summed E-state index contributed by atoms with van der Waals surface area (Å²) in [6.45, 7) is 0. The van der Waals surface area contributed by atoms with Crippen LogP contribution >= 0.6 is 28.6 Å². The smallest absolute Gasteiger partial charge is 0.250 e. The van der Waals surface area contributed by atoms with Crippen molar-refractivity contribution in [3.05, 3.63) is 34.9 Å². The lowest BCUT2D eigenvalue weighted by Crippen LogP contribution is -2.10. The number of nitrogens with two attached hydrogens (primary N) is 1. The Morgan fingerprint density at radius 2 is 1.91 bits per heavy atom. The van der Waals surface area contributed by atoms with E-state index in [9.17, 15) is 4.79 Å². The molecule has 0 heterocycles. The Morgan fingerprint density at radius 3 is 2.27 bits per heavy atom. The SMILES string of the molecule is Br.NC(=O)c1ccccc1Cl. The van der Waals surface area contributed by atoms with Crippen LogP contribution in [0.2, 0.25) is 5.02 Å². The van der Waals surface area contributed by atoms with Gasteiger partial charge in [-0.15, -0.1) is 17.0 Å². The summed E-state index contributed by atoms with van der Waals surface area (Å²) >= 11 is 5.62. The minimum Gasteiger partial charge on any atom is -0.366 e. The van der Waals surface area contributed by atoms with Crippen LogP contribution in [0.25, 0.3) is 0 Å². The lowest BCUT2D eigenvalue weighted by Gasteiger charge is -1.95. The van der Waals surface area contributed by atoms with Gasteiger partial charge < -0.3 is 5.73 Å². The second kappa shape index (κ2) is 4.36. The summed E-state index contributed by atoms with van der Waals surface area (Å²) in [5, 5.41) is 0.398. The van der Waals surface area contributed by atoms with Crippen LogP contribution in [0.15, 0.2) is 24.3 Å². The minimum atomic E-state index is -0.495. The third-order valence-corrected chi connectivity index (χ3v) is 1.47. The summed E-state index contributed by atoms with van der Waals surface area (Å²) in [6.07, 6.45) is 0. The van der Waals surface area contributed by atoms with E-state index in [0.717, 1.165) is 0 Å². The van der Waals surface area contributed by atoms with E-state index >= 15 is 0 Å². The second-order valence-electron chi connectivity index (χ2n) is 1.84. The molecule has 2 N–H and O–H groups in total. The van der Waals surface area contributed by atoms with E-state index in [1.54, 1.807) is 24.3 Å².